The molecule has 0 aliphatic rings. The molecule has 0 heterocycles. The van der Waals surface area contributed by atoms with E-state index in [9.17, 15) is 9.59 Å². The van der Waals surface area contributed by atoms with E-state index >= 15 is 0 Å². The average molecular weight is 455 g/mol. The van der Waals surface area contributed by atoms with E-state index < -0.39 is 24.5 Å². The maximum absolute atomic E-state index is 12.6. The quantitative estimate of drug-likeness (QED) is 0.394. The van der Waals surface area contributed by atoms with Crippen LogP contribution in [-0.2, 0) is 9.53 Å². The van der Waals surface area contributed by atoms with E-state index in [1.165, 1.54) is 12.1 Å². The van der Waals surface area contributed by atoms with Gasteiger partial charge < -0.3 is 25.3 Å². The molecule has 0 atom stereocenters. The molecule has 3 aromatic rings. The van der Waals surface area contributed by atoms with E-state index in [0.717, 1.165) is 11.1 Å². The van der Waals surface area contributed by atoms with Crippen LogP contribution in [0.5, 0.6) is 11.5 Å². The summed E-state index contributed by atoms with van der Waals surface area (Å²) in [6, 6.07) is 18.6. The van der Waals surface area contributed by atoms with Gasteiger partial charge in [-0.2, -0.15) is 0 Å². The molecule has 0 fully saturated rings. The fourth-order valence-corrected chi connectivity index (χ4v) is 3.24. The molecule has 32 heavy (non-hydrogen) atoms. The maximum Gasteiger partial charge on any atom is 0.340 e. The van der Waals surface area contributed by atoms with E-state index in [2.05, 4.69) is 5.32 Å². The Labute approximate surface area is 191 Å². The molecule has 7 nitrogen and oxygen atoms in total. The van der Waals surface area contributed by atoms with Gasteiger partial charge in [-0.05, 0) is 53.6 Å². The number of esters is 1. The number of benzene rings is 3. The van der Waals surface area contributed by atoms with Crippen molar-refractivity contribution in [1.82, 2.24) is 5.32 Å². The van der Waals surface area contributed by atoms with Gasteiger partial charge in [-0.15, -0.1) is 0 Å². The minimum atomic E-state index is -0.731. The summed E-state index contributed by atoms with van der Waals surface area (Å²) in [6.45, 7) is -0.479. The number of halogens is 1. The molecule has 0 unspecified atom stereocenters. The van der Waals surface area contributed by atoms with Crippen molar-refractivity contribution in [3.05, 3.63) is 88.4 Å². The van der Waals surface area contributed by atoms with E-state index in [0.29, 0.717) is 16.5 Å². The predicted molar refractivity (Wildman–Crippen MR) is 122 cm³/mol. The summed E-state index contributed by atoms with van der Waals surface area (Å²) in [5, 5.41) is 3.24. The third-order valence-electron chi connectivity index (χ3n) is 4.77. The lowest BCUT2D eigenvalue weighted by Gasteiger charge is -2.20. The van der Waals surface area contributed by atoms with Crippen LogP contribution in [0.25, 0.3) is 0 Å². The third kappa shape index (κ3) is 5.70. The number of nitrogen functional groups attached to an aromatic ring is 1. The molecule has 3 aromatic carbocycles. The molecule has 0 bridgehead atoms. The molecule has 0 saturated heterocycles. The number of hydrogen-bond acceptors (Lipinski definition) is 6. The Balaban J connectivity index is 1.75. The van der Waals surface area contributed by atoms with Gasteiger partial charge in [0, 0.05) is 10.7 Å². The highest BCUT2D eigenvalue weighted by atomic mass is 35.5. The van der Waals surface area contributed by atoms with Gasteiger partial charge in [0.1, 0.15) is 11.5 Å². The summed E-state index contributed by atoms with van der Waals surface area (Å²) in [5.41, 5.74) is 7.77. The van der Waals surface area contributed by atoms with Crippen molar-refractivity contribution in [2.45, 2.75) is 6.04 Å². The smallest absolute Gasteiger partial charge is 0.340 e. The van der Waals surface area contributed by atoms with Crippen LogP contribution in [0.3, 0.4) is 0 Å². The molecule has 1 amide bonds. The summed E-state index contributed by atoms with van der Waals surface area (Å²) in [5.74, 6) is 0.185. The lowest BCUT2D eigenvalue weighted by molar-refractivity contribution is -0.124. The first-order valence-electron chi connectivity index (χ1n) is 9.70. The second kappa shape index (κ2) is 10.5. The molecular formula is C24H23ClN2O5. The fraction of sp³-hybridized carbons (Fsp3) is 0.167. The van der Waals surface area contributed by atoms with E-state index in [4.69, 9.17) is 31.5 Å². The molecular weight excluding hydrogens is 432 g/mol. The van der Waals surface area contributed by atoms with Crippen molar-refractivity contribution < 1.29 is 23.8 Å². The van der Waals surface area contributed by atoms with Gasteiger partial charge in [0.25, 0.3) is 5.91 Å². The summed E-state index contributed by atoms with van der Waals surface area (Å²) in [4.78, 5) is 25.0. The van der Waals surface area contributed by atoms with Gasteiger partial charge in [0.15, 0.2) is 6.61 Å². The Bertz CT molecular complexity index is 1040. The van der Waals surface area contributed by atoms with Crippen molar-refractivity contribution in [2.75, 3.05) is 26.6 Å². The fourth-order valence-electron chi connectivity index (χ4n) is 3.07. The van der Waals surface area contributed by atoms with Crippen LogP contribution in [0.2, 0.25) is 5.02 Å². The van der Waals surface area contributed by atoms with Crippen LogP contribution < -0.4 is 20.5 Å². The van der Waals surface area contributed by atoms with Crippen LogP contribution in [0.15, 0.2) is 66.7 Å². The SMILES string of the molecule is COc1ccc(C(NC(=O)COC(=O)c2cc(Cl)ccc2N)c2ccc(OC)cc2)cc1. The minimum absolute atomic E-state index is 0.104. The van der Waals surface area contributed by atoms with Gasteiger partial charge >= 0.3 is 5.97 Å². The first kappa shape index (κ1) is 23.0. The van der Waals surface area contributed by atoms with Gasteiger partial charge in [0.05, 0.1) is 25.8 Å². The number of nitrogens with two attached hydrogens (primary N) is 1. The Morgan fingerprint density at radius 3 is 1.94 bits per heavy atom. The number of amides is 1. The van der Waals surface area contributed by atoms with Crippen LogP contribution in [0.4, 0.5) is 5.69 Å². The normalized spacial score (nSPS) is 10.5. The summed E-state index contributed by atoms with van der Waals surface area (Å²) >= 11 is 5.91. The number of methoxy groups -OCH3 is 2. The van der Waals surface area contributed by atoms with Gasteiger partial charge in [0.2, 0.25) is 0 Å². The second-order valence-electron chi connectivity index (χ2n) is 6.85. The molecule has 0 spiro atoms. The highest BCUT2D eigenvalue weighted by molar-refractivity contribution is 6.31. The van der Waals surface area contributed by atoms with Crippen molar-refractivity contribution in [3.63, 3.8) is 0 Å². The molecule has 0 aliphatic heterocycles. The van der Waals surface area contributed by atoms with Crippen molar-refractivity contribution in [3.8, 4) is 11.5 Å². The number of rotatable bonds is 8. The first-order valence-corrected chi connectivity index (χ1v) is 10.1. The Morgan fingerprint density at radius 1 is 0.906 bits per heavy atom. The van der Waals surface area contributed by atoms with Crippen LogP contribution >= 0.6 is 11.6 Å². The summed E-state index contributed by atoms with van der Waals surface area (Å²) < 4.78 is 15.6. The topological polar surface area (TPSA) is 99.9 Å². The van der Waals surface area contributed by atoms with Crippen molar-refractivity contribution in [1.29, 1.82) is 0 Å². The average Bonchev–Trinajstić information content (AvgIpc) is 2.82. The second-order valence-corrected chi connectivity index (χ2v) is 7.29. The molecule has 3 N–H and O–H groups in total. The monoisotopic (exact) mass is 454 g/mol. The Hall–Kier alpha value is -3.71. The lowest BCUT2D eigenvalue weighted by Crippen LogP contribution is -2.33. The Kier molecular flexibility index (Phi) is 7.57. The molecule has 0 saturated carbocycles. The van der Waals surface area contributed by atoms with Gasteiger partial charge in [-0.25, -0.2) is 4.79 Å². The van der Waals surface area contributed by atoms with E-state index in [-0.39, 0.29) is 11.3 Å². The summed E-state index contributed by atoms with van der Waals surface area (Å²) in [7, 11) is 3.16. The van der Waals surface area contributed by atoms with Crippen LogP contribution in [-0.4, -0.2) is 32.7 Å². The number of anilines is 1. The number of carbonyl (C=O) groups is 2. The van der Waals surface area contributed by atoms with E-state index in [1.807, 2.05) is 24.3 Å². The molecule has 0 aliphatic carbocycles. The Morgan fingerprint density at radius 2 is 1.44 bits per heavy atom. The van der Waals surface area contributed by atoms with Gasteiger partial charge in [-0.1, -0.05) is 35.9 Å². The van der Waals surface area contributed by atoms with Crippen LogP contribution in [0.1, 0.15) is 27.5 Å². The molecule has 0 aromatic heterocycles. The number of nitrogens with one attached hydrogen (secondary N) is 1. The zero-order valence-corrected chi connectivity index (χ0v) is 18.4. The van der Waals surface area contributed by atoms with Gasteiger partial charge in [-0.3, -0.25) is 4.79 Å². The van der Waals surface area contributed by atoms with E-state index in [1.54, 1.807) is 44.6 Å². The molecule has 166 valence electrons. The molecule has 0 radical (unpaired) electrons. The largest absolute Gasteiger partial charge is 0.497 e. The highest BCUT2D eigenvalue weighted by Gasteiger charge is 2.19. The molecule has 8 heteroatoms. The first-order chi connectivity index (χ1) is 15.4. The van der Waals surface area contributed by atoms with Crippen molar-refractivity contribution >= 4 is 29.2 Å². The predicted octanol–water partition coefficient (Wildman–Crippen LogP) is 4.00. The third-order valence-corrected chi connectivity index (χ3v) is 5.01. The zero-order chi connectivity index (χ0) is 23.1. The molecule has 3 rings (SSSR count). The van der Waals surface area contributed by atoms with Crippen LogP contribution in [0, 0.1) is 0 Å². The number of hydrogen-bond donors (Lipinski definition) is 2. The lowest BCUT2D eigenvalue weighted by atomic mass is 9.98. The highest BCUT2D eigenvalue weighted by Crippen LogP contribution is 2.26. The maximum atomic E-state index is 12.6. The number of carbonyl (C=O) groups excluding carboxylic acids is 2. The zero-order valence-electron chi connectivity index (χ0n) is 17.6. The number of ether oxygens (including phenoxy) is 3. The minimum Gasteiger partial charge on any atom is -0.497 e. The summed E-state index contributed by atoms with van der Waals surface area (Å²) in [6.07, 6.45) is 0. The van der Waals surface area contributed by atoms with Crippen molar-refractivity contribution in [2.24, 2.45) is 0 Å². The standard InChI is InChI=1S/C24H23ClN2O5/c1-30-18-8-3-15(4-9-18)23(16-5-10-19(31-2)11-6-16)27-22(28)14-32-24(29)20-13-17(25)7-12-21(20)26/h3-13,23H,14,26H2,1-2H3,(H,27,28).